The van der Waals surface area contributed by atoms with E-state index in [1.165, 1.54) is 0 Å². The maximum absolute atomic E-state index is 5.42. The van der Waals surface area contributed by atoms with Crippen LogP contribution in [0.15, 0.2) is 23.0 Å². The first-order valence-electron chi connectivity index (χ1n) is 8.54. The van der Waals surface area contributed by atoms with E-state index in [-0.39, 0.29) is 10.8 Å². The molecule has 0 spiro atoms. The van der Waals surface area contributed by atoms with Gasteiger partial charge in [-0.3, -0.25) is 0 Å². The minimum atomic E-state index is -0.282. The molecule has 8 nitrogen and oxygen atoms in total. The van der Waals surface area contributed by atoms with Crippen molar-refractivity contribution in [2.75, 3.05) is 0 Å². The Labute approximate surface area is 150 Å². The van der Waals surface area contributed by atoms with E-state index < -0.39 is 0 Å². The van der Waals surface area contributed by atoms with E-state index in [2.05, 4.69) is 69.9 Å². The number of rotatable bonds is 3. The van der Waals surface area contributed by atoms with Crippen molar-refractivity contribution in [1.82, 2.24) is 35.3 Å². The van der Waals surface area contributed by atoms with E-state index >= 15 is 0 Å². The summed E-state index contributed by atoms with van der Waals surface area (Å²) in [4.78, 5) is 17.1. The van der Waals surface area contributed by atoms with Gasteiger partial charge in [0.1, 0.15) is 11.5 Å². The van der Waals surface area contributed by atoms with Gasteiger partial charge >= 0.3 is 0 Å². The lowest BCUT2D eigenvalue weighted by Gasteiger charge is -2.21. The number of aromatic amines is 1. The van der Waals surface area contributed by atoms with Crippen LogP contribution in [0, 0.1) is 0 Å². The number of hydrogen-bond donors (Lipinski definition) is 1. The van der Waals surface area contributed by atoms with Crippen molar-refractivity contribution in [3.63, 3.8) is 0 Å². The number of nitrogens with zero attached hydrogens (tertiary/aromatic N) is 6. The molecule has 8 heteroatoms. The molecule has 0 amide bonds. The summed E-state index contributed by atoms with van der Waals surface area (Å²) < 4.78 is 5.42. The summed E-state index contributed by atoms with van der Waals surface area (Å²) in [5.74, 6) is 0.836. The molecule has 4 rings (SSSR count). The molecule has 134 valence electrons. The molecule has 0 aromatic carbocycles. The quantitative estimate of drug-likeness (QED) is 0.604. The van der Waals surface area contributed by atoms with E-state index in [9.17, 15) is 0 Å². The largest absolute Gasteiger partial charge is 0.340 e. The minimum Gasteiger partial charge on any atom is -0.340 e. The van der Waals surface area contributed by atoms with Crippen molar-refractivity contribution in [3.05, 3.63) is 35.7 Å². The number of aromatic nitrogens is 7. The van der Waals surface area contributed by atoms with Gasteiger partial charge in [0, 0.05) is 23.4 Å². The van der Waals surface area contributed by atoms with E-state index in [4.69, 9.17) is 4.52 Å². The van der Waals surface area contributed by atoms with Crippen LogP contribution in [0.25, 0.3) is 22.4 Å². The van der Waals surface area contributed by atoms with Crippen LogP contribution in [0.5, 0.6) is 0 Å². The Balaban J connectivity index is 1.67. The van der Waals surface area contributed by atoms with E-state index in [0.717, 1.165) is 28.2 Å². The highest BCUT2D eigenvalue weighted by Crippen LogP contribution is 2.29. The second kappa shape index (κ2) is 5.55. The summed E-state index contributed by atoms with van der Waals surface area (Å²) in [6.45, 7) is 10.4. The fourth-order valence-corrected chi connectivity index (χ4v) is 2.96. The van der Waals surface area contributed by atoms with E-state index in [0.29, 0.717) is 17.8 Å². The molecule has 0 aliphatic carbocycles. The standard InChI is InChI=1S/C18H21N7O/c1-17(2,3)13-12-15(26-25-13)21-10(9-19-12)8-18(4,5)16-22-11-6-7-20-24-14(11)23-16/h6-7,9H,8H2,1-5H3,(H,22,23,24). The Morgan fingerprint density at radius 2 is 1.92 bits per heavy atom. The zero-order valence-corrected chi connectivity index (χ0v) is 15.5. The number of imidazole rings is 1. The van der Waals surface area contributed by atoms with Gasteiger partial charge in [-0.25, -0.2) is 15.0 Å². The zero-order chi connectivity index (χ0) is 18.5. The fourth-order valence-electron chi connectivity index (χ4n) is 2.96. The highest BCUT2D eigenvalue weighted by Gasteiger charge is 2.28. The van der Waals surface area contributed by atoms with Gasteiger partial charge in [-0.2, -0.15) is 5.10 Å². The maximum Gasteiger partial charge on any atom is 0.276 e. The van der Waals surface area contributed by atoms with Crippen molar-refractivity contribution >= 4 is 22.4 Å². The number of hydrogen-bond acceptors (Lipinski definition) is 7. The summed E-state index contributed by atoms with van der Waals surface area (Å²) in [6.07, 6.45) is 4.08. The number of H-pyrrole nitrogens is 1. The van der Waals surface area contributed by atoms with Crippen molar-refractivity contribution in [2.45, 2.75) is 51.9 Å². The molecular formula is C18H21N7O. The van der Waals surface area contributed by atoms with Crippen LogP contribution in [0.1, 0.15) is 51.8 Å². The third-order valence-electron chi connectivity index (χ3n) is 4.38. The lowest BCUT2D eigenvalue weighted by atomic mass is 9.87. The molecule has 0 aliphatic rings. The molecule has 0 radical (unpaired) electrons. The summed E-state index contributed by atoms with van der Waals surface area (Å²) >= 11 is 0. The van der Waals surface area contributed by atoms with Gasteiger partial charge in [0.05, 0.1) is 17.4 Å². The molecule has 0 atom stereocenters. The lowest BCUT2D eigenvalue weighted by molar-refractivity contribution is 0.413. The molecule has 0 saturated carbocycles. The van der Waals surface area contributed by atoms with Crippen LogP contribution in [0.2, 0.25) is 0 Å². The van der Waals surface area contributed by atoms with Gasteiger partial charge in [0.2, 0.25) is 0 Å². The summed E-state index contributed by atoms with van der Waals surface area (Å²) in [7, 11) is 0. The summed E-state index contributed by atoms with van der Waals surface area (Å²) in [5.41, 5.74) is 3.90. The van der Waals surface area contributed by atoms with Crippen LogP contribution < -0.4 is 0 Å². The minimum absolute atomic E-state index is 0.143. The first-order valence-corrected chi connectivity index (χ1v) is 8.54. The van der Waals surface area contributed by atoms with Crippen LogP contribution in [0.4, 0.5) is 0 Å². The van der Waals surface area contributed by atoms with Gasteiger partial charge in [-0.05, 0) is 6.07 Å². The predicted molar refractivity (Wildman–Crippen MR) is 96.7 cm³/mol. The van der Waals surface area contributed by atoms with E-state index in [1.54, 1.807) is 12.4 Å². The second-order valence-electron chi connectivity index (χ2n) is 8.21. The fraction of sp³-hybridized carbons (Fsp3) is 0.444. The average molecular weight is 351 g/mol. The molecule has 0 unspecified atom stereocenters. The highest BCUT2D eigenvalue weighted by atomic mass is 16.5. The molecule has 4 aromatic heterocycles. The molecular weight excluding hydrogens is 330 g/mol. The first kappa shape index (κ1) is 16.6. The third kappa shape index (κ3) is 2.81. The van der Waals surface area contributed by atoms with Gasteiger partial charge in [-0.15, -0.1) is 5.10 Å². The van der Waals surface area contributed by atoms with Gasteiger partial charge < -0.3 is 9.51 Å². The molecule has 26 heavy (non-hydrogen) atoms. The SMILES string of the molecule is CC(C)(C)c1noc2nc(CC(C)(C)c3nc4nnccc4[nH]3)cnc12. The van der Waals surface area contributed by atoms with Crippen LogP contribution in [-0.4, -0.2) is 35.3 Å². The normalized spacial score (nSPS) is 13.0. The highest BCUT2D eigenvalue weighted by molar-refractivity contribution is 5.72. The Morgan fingerprint density at radius 1 is 1.12 bits per heavy atom. The second-order valence-corrected chi connectivity index (χ2v) is 8.21. The molecule has 0 fully saturated rings. The van der Waals surface area contributed by atoms with Crippen LogP contribution >= 0.6 is 0 Å². The van der Waals surface area contributed by atoms with Crippen molar-refractivity contribution in [1.29, 1.82) is 0 Å². The third-order valence-corrected chi connectivity index (χ3v) is 4.38. The molecule has 1 N–H and O–H groups in total. The Hall–Kier alpha value is -2.90. The smallest absolute Gasteiger partial charge is 0.276 e. The van der Waals surface area contributed by atoms with Crippen LogP contribution in [-0.2, 0) is 17.3 Å². The van der Waals surface area contributed by atoms with Crippen molar-refractivity contribution in [3.8, 4) is 0 Å². The predicted octanol–water partition coefficient (Wildman–Crippen LogP) is 3.10. The maximum atomic E-state index is 5.42. The Morgan fingerprint density at radius 3 is 2.65 bits per heavy atom. The number of fused-ring (bicyclic) bond motifs is 2. The molecule has 4 aromatic rings. The topological polar surface area (TPSA) is 106 Å². The summed E-state index contributed by atoms with van der Waals surface area (Å²) in [6, 6.07) is 1.86. The molecule has 0 aliphatic heterocycles. The molecule has 0 saturated heterocycles. The Bertz CT molecular complexity index is 1050. The van der Waals surface area contributed by atoms with Gasteiger partial charge in [-0.1, -0.05) is 39.8 Å². The number of nitrogens with one attached hydrogen (secondary N) is 1. The van der Waals surface area contributed by atoms with Gasteiger partial charge in [0.15, 0.2) is 11.2 Å². The monoisotopic (exact) mass is 351 g/mol. The van der Waals surface area contributed by atoms with Crippen LogP contribution in [0.3, 0.4) is 0 Å². The Kier molecular flexibility index (Phi) is 3.54. The van der Waals surface area contributed by atoms with Crippen molar-refractivity contribution in [2.24, 2.45) is 0 Å². The summed E-state index contributed by atoms with van der Waals surface area (Å²) in [5, 5.41) is 12.1. The zero-order valence-electron chi connectivity index (χ0n) is 15.5. The lowest BCUT2D eigenvalue weighted by Crippen LogP contribution is -2.23. The first-order chi connectivity index (χ1) is 12.2. The average Bonchev–Trinajstić information content (AvgIpc) is 3.18. The van der Waals surface area contributed by atoms with E-state index in [1.807, 2.05) is 6.07 Å². The van der Waals surface area contributed by atoms with Gasteiger partial charge in [0.25, 0.3) is 5.71 Å². The van der Waals surface area contributed by atoms with Crippen molar-refractivity contribution < 1.29 is 4.52 Å². The molecule has 4 heterocycles. The molecule has 0 bridgehead atoms.